The molecule has 0 saturated carbocycles. The van der Waals surface area contributed by atoms with Gasteiger partial charge in [-0.2, -0.15) is 4.98 Å². The van der Waals surface area contributed by atoms with Gasteiger partial charge in [0.1, 0.15) is 37.3 Å². The van der Waals surface area contributed by atoms with Crippen molar-refractivity contribution in [2.24, 2.45) is 11.7 Å². The molecule has 3 rings (SSSR count). The lowest BCUT2D eigenvalue weighted by atomic mass is 9.94. The molecule has 0 radical (unpaired) electrons. The fourth-order valence-electron chi connectivity index (χ4n) is 6.42. The Kier molecular flexibility index (Phi) is 17.6. The predicted octanol–water partition coefficient (Wildman–Crippen LogP) is 2.74. The van der Waals surface area contributed by atoms with Crippen LogP contribution in [0, 0.1) is 5.92 Å². The summed E-state index contributed by atoms with van der Waals surface area (Å²) in [5.41, 5.74) is 7.68. The number of aliphatic hydroxyl groups is 3. The zero-order chi connectivity index (χ0) is 38.3. The molecule has 1 aliphatic heterocycles. The molecule has 6 atom stereocenters. The maximum absolute atomic E-state index is 14.5. The topological polar surface area (TPSA) is 255 Å². The minimum absolute atomic E-state index is 0.0404. The van der Waals surface area contributed by atoms with Crippen molar-refractivity contribution >= 4 is 34.8 Å². The number of aliphatic hydroxyl groups excluding tert-OH is 3. The number of aromatic amines is 1. The number of carbonyl (C=O) groups is 3. The molecule has 52 heavy (non-hydrogen) atoms. The molecule has 2 aromatic rings. The third-order valence-electron chi connectivity index (χ3n) is 9.67. The number of ether oxygens (including phenoxy) is 3. The number of nitrogens with one attached hydrogen (secondary N) is 1. The van der Waals surface area contributed by atoms with Gasteiger partial charge in [0.05, 0.1) is 6.61 Å². The van der Waals surface area contributed by atoms with Gasteiger partial charge in [-0.15, -0.1) is 0 Å². The molecule has 1 fully saturated rings. The van der Waals surface area contributed by atoms with Gasteiger partial charge in [-0.25, -0.2) is 4.98 Å². The van der Waals surface area contributed by atoms with E-state index in [9.17, 15) is 34.5 Å². The highest BCUT2D eigenvalue weighted by Crippen LogP contribution is 2.39. The Balaban J connectivity index is 1.67. The van der Waals surface area contributed by atoms with Crippen LogP contribution in [0.15, 0.2) is 11.1 Å². The van der Waals surface area contributed by atoms with Gasteiger partial charge in [0.25, 0.3) is 5.56 Å². The van der Waals surface area contributed by atoms with Gasteiger partial charge in [0.15, 0.2) is 17.3 Å². The fraction of sp³-hybridized carbons (Fsp3) is 0.778. The lowest BCUT2D eigenvalue weighted by Crippen LogP contribution is -2.57. The molecule has 16 nitrogen and oxygen atoms in total. The number of unbranched alkanes of at least 4 members (excludes halogenated alkanes) is 14. The third-order valence-corrected chi connectivity index (χ3v) is 9.67. The largest absolute Gasteiger partial charge is 0.460 e. The second-order valence-corrected chi connectivity index (χ2v) is 14.2. The number of hydrogen-bond donors (Lipinski definition) is 6. The minimum Gasteiger partial charge on any atom is -0.460 e. The monoisotopic (exact) mass is 736 g/mol. The number of ketones is 1. The third kappa shape index (κ3) is 11.3. The van der Waals surface area contributed by atoms with Crippen LogP contribution in [-0.2, 0) is 34.3 Å². The summed E-state index contributed by atoms with van der Waals surface area (Å²) in [7, 11) is 0. The van der Waals surface area contributed by atoms with Crippen molar-refractivity contribution < 1.29 is 43.9 Å². The van der Waals surface area contributed by atoms with E-state index in [1.165, 1.54) is 64.2 Å². The number of carbonyl (C=O) groups excluding carboxylic acids is 3. The average molecular weight is 737 g/mol. The standard InChI is InChI=1S/C36H60N6O10/c1-4-5-6-7-8-9-10-11-12-13-14-15-16-17-18-19-26(44)51-25(21-50-34(49)27(37)23(2)3)30(46)36(31(47)29(45)24(20-43)52-36)42-22-39-28-32(42)40-35(38)41-33(28)48/h22-25,27,29,31,43,45,47H,4-21,37H2,1-3H3,(H3,38,40,41,48)/t24-,25?,27+,29-,31-,36-/m1/s1. The summed E-state index contributed by atoms with van der Waals surface area (Å²) < 4.78 is 17.6. The predicted molar refractivity (Wildman–Crippen MR) is 193 cm³/mol. The molecule has 2 aromatic heterocycles. The van der Waals surface area contributed by atoms with E-state index < -0.39 is 72.7 Å². The van der Waals surface area contributed by atoms with E-state index in [-0.39, 0.29) is 29.5 Å². The van der Waals surface area contributed by atoms with E-state index in [1.807, 2.05) is 0 Å². The maximum atomic E-state index is 14.5. The van der Waals surface area contributed by atoms with Crippen LogP contribution >= 0.6 is 0 Å². The molecule has 3 heterocycles. The van der Waals surface area contributed by atoms with Crippen molar-refractivity contribution in [3.05, 3.63) is 16.7 Å². The molecule has 0 aromatic carbocycles. The number of nitrogens with two attached hydrogens (primary N) is 2. The highest BCUT2D eigenvalue weighted by atomic mass is 16.6. The maximum Gasteiger partial charge on any atom is 0.323 e. The number of hydrogen-bond acceptors (Lipinski definition) is 14. The number of nitrogens with zero attached hydrogens (tertiary/aromatic N) is 3. The van der Waals surface area contributed by atoms with Gasteiger partial charge in [0.2, 0.25) is 17.5 Å². The summed E-state index contributed by atoms with van der Waals surface area (Å²) in [6.45, 7) is 4.00. The average Bonchev–Trinajstić information content (AvgIpc) is 3.66. The molecule has 0 bridgehead atoms. The Morgan fingerprint density at radius 2 is 1.54 bits per heavy atom. The van der Waals surface area contributed by atoms with Crippen molar-refractivity contribution in [2.45, 2.75) is 160 Å². The van der Waals surface area contributed by atoms with Gasteiger partial charge in [0, 0.05) is 6.42 Å². The molecule has 0 spiro atoms. The molecular formula is C36H60N6O10. The number of rotatable bonds is 25. The van der Waals surface area contributed by atoms with Crippen LogP contribution in [0.2, 0.25) is 0 Å². The number of nitrogen functional groups attached to an aromatic ring is 1. The molecule has 0 amide bonds. The smallest absolute Gasteiger partial charge is 0.323 e. The second-order valence-electron chi connectivity index (χ2n) is 14.2. The number of fused-ring (bicyclic) bond motifs is 1. The Hall–Kier alpha value is -3.44. The summed E-state index contributed by atoms with van der Waals surface area (Å²) in [6.07, 6.45) is 10.9. The first kappa shape index (κ1) is 43.0. The Bertz CT molecular complexity index is 1480. The van der Waals surface area contributed by atoms with E-state index in [2.05, 4.69) is 21.9 Å². The van der Waals surface area contributed by atoms with Crippen molar-refractivity contribution in [1.29, 1.82) is 0 Å². The SMILES string of the molecule is CCCCCCCCCCCCCCCCCC(=O)OC(COC(=O)[C@@H](N)C(C)C)C(=O)[C@@]1(n2cnc3c(=O)[nH]c(N)nc32)O[C@H](CO)[C@@H](O)[C@H]1O. The van der Waals surface area contributed by atoms with Gasteiger partial charge >= 0.3 is 11.9 Å². The van der Waals surface area contributed by atoms with Gasteiger partial charge in [-0.1, -0.05) is 111 Å². The zero-order valence-corrected chi connectivity index (χ0v) is 31.0. The molecule has 1 saturated heterocycles. The lowest BCUT2D eigenvalue weighted by molar-refractivity contribution is -0.191. The number of esters is 2. The van der Waals surface area contributed by atoms with E-state index in [1.54, 1.807) is 13.8 Å². The molecule has 294 valence electrons. The molecule has 8 N–H and O–H groups in total. The molecule has 0 aliphatic carbocycles. The van der Waals surface area contributed by atoms with Crippen LogP contribution in [0.25, 0.3) is 11.2 Å². The zero-order valence-electron chi connectivity index (χ0n) is 31.0. The van der Waals surface area contributed by atoms with Gasteiger partial charge in [-0.3, -0.25) is 28.7 Å². The van der Waals surface area contributed by atoms with E-state index in [0.29, 0.717) is 6.42 Å². The number of Topliss-reactive ketones (excluding diaryl/α,β-unsaturated/α-hetero) is 1. The quantitative estimate of drug-likeness (QED) is 0.0633. The van der Waals surface area contributed by atoms with Crippen LogP contribution in [0.1, 0.15) is 124 Å². The molecule has 16 heteroatoms. The molecule has 1 unspecified atom stereocenters. The van der Waals surface area contributed by atoms with Gasteiger partial charge in [-0.05, 0) is 12.3 Å². The van der Waals surface area contributed by atoms with Gasteiger partial charge < -0.3 is 41.0 Å². The number of imidazole rings is 1. The summed E-state index contributed by atoms with van der Waals surface area (Å²) in [6, 6.07) is -1.05. The summed E-state index contributed by atoms with van der Waals surface area (Å²) in [4.78, 5) is 63.2. The van der Waals surface area contributed by atoms with Crippen LogP contribution in [-0.4, -0.2) is 96.2 Å². The van der Waals surface area contributed by atoms with Crippen molar-refractivity contribution in [3.63, 3.8) is 0 Å². The summed E-state index contributed by atoms with van der Waals surface area (Å²) in [5.74, 6) is -3.47. The second kappa shape index (κ2) is 21.3. The van der Waals surface area contributed by atoms with Crippen LogP contribution in [0.5, 0.6) is 0 Å². The number of aromatic nitrogens is 4. The Morgan fingerprint density at radius 1 is 0.981 bits per heavy atom. The van der Waals surface area contributed by atoms with E-state index in [0.717, 1.165) is 36.6 Å². The van der Waals surface area contributed by atoms with Crippen molar-refractivity contribution in [2.75, 3.05) is 18.9 Å². The van der Waals surface area contributed by atoms with Crippen LogP contribution in [0.4, 0.5) is 5.95 Å². The molecular weight excluding hydrogens is 676 g/mol. The lowest BCUT2D eigenvalue weighted by Gasteiger charge is -2.34. The first-order valence-electron chi connectivity index (χ1n) is 18.9. The normalized spacial score (nSPS) is 21.4. The summed E-state index contributed by atoms with van der Waals surface area (Å²) in [5, 5.41) is 32.1. The fourth-order valence-corrected chi connectivity index (χ4v) is 6.42. The van der Waals surface area contributed by atoms with E-state index in [4.69, 9.17) is 25.7 Å². The first-order valence-corrected chi connectivity index (χ1v) is 18.9. The highest BCUT2D eigenvalue weighted by Gasteiger charge is 2.63. The Morgan fingerprint density at radius 3 is 2.06 bits per heavy atom. The van der Waals surface area contributed by atoms with Crippen LogP contribution < -0.4 is 17.0 Å². The van der Waals surface area contributed by atoms with Crippen molar-refractivity contribution in [1.82, 2.24) is 19.5 Å². The van der Waals surface area contributed by atoms with Crippen molar-refractivity contribution in [3.8, 4) is 0 Å². The minimum atomic E-state index is -2.65. The number of anilines is 1. The van der Waals surface area contributed by atoms with E-state index >= 15 is 0 Å². The highest BCUT2D eigenvalue weighted by molar-refractivity contribution is 5.93. The summed E-state index contributed by atoms with van der Waals surface area (Å²) >= 11 is 0. The Labute approximate surface area is 305 Å². The van der Waals surface area contributed by atoms with Crippen LogP contribution in [0.3, 0.4) is 0 Å². The first-order chi connectivity index (χ1) is 24.9. The number of H-pyrrole nitrogens is 1. The molecule has 1 aliphatic rings.